The van der Waals surface area contributed by atoms with Gasteiger partial charge in [0.05, 0.1) is 13.2 Å². The minimum Gasteiger partial charge on any atom is -0.388 e. The second-order valence-electron chi connectivity index (χ2n) is 4.88. The van der Waals surface area contributed by atoms with Gasteiger partial charge in [0.25, 0.3) is 0 Å². The summed E-state index contributed by atoms with van der Waals surface area (Å²) in [6, 6.07) is 7.48. The van der Waals surface area contributed by atoms with Gasteiger partial charge in [-0.2, -0.15) is 0 Å². The van der Waals surface area contributed by atoms with Crippen LogP contribution < -0.4 is 5.32 Å². The molecule has 6 heteroatoms. The van der Waals surface area contributed by atoms with E-state index >= 15 is 0 Å². The van der Waals surface area contributed by atoms with Gasteiger partial charge in [-0.05, 0) is 19.1 Å². The van der Waals surface area contributed by atoms with Crippen LogP contribution in [0.25, 0.3) is 0 Å². The number of benzene rings is 1. The predicted molar refractivity (Wildman–Crippen MR) is 68.6 cm³/mol. The number of anilines is 1. The van der Waals surface area contributed by atoms with Crippen molar-refractivity contribution in [2.75, 3.05) is 18.5 Å². The van der Waals surface area contributed by atoms with Crippen LogP contribution in [-0.4, -0.2) is 57.7 Å². The molecular weight excluding hydrogens is 250 g/mol. The minimum atomic E-state index is -1.93. The number of rotatable bonds is 3. The zero-order valence-corrected chi connectivity index (χ0v) is 10.7. The van der Waals surface area contributed by atoms with Crippen LogP contribution in [0.2, 0.25) is 0 Å². The zero-order chi connectivity index (χ0) is 14.0. The van der Waals surface area contributed by atoms with Crippen molar-refractivity contribution in [1.82, 2.24) is 0 Å². The van der Waals surface area contributed by atoms with Crippen molar-refractivity contribution in [3.63, 3.8) is 0 Å². The molecule has 6 nitrogen and oxygen atoms in total. The molecule has 1 aromatic carbocycles. The second-order valence-corrected chi connectivity index (χ2v) is 4.88. The highest BCUT2D eigenvalue weighted by atomic mass is 16.6. The maximum absolute atomic E-state index is 10.1. The van der Waals surface area contributed by atoms with Gasteiger partial charge in [0.1, 0.15) is 18.3 Å². The van der Waals surface area contributed by atoms with Crippen LogP contribution in [0.3, 0.4) is 0 Å². The molecule has 0 radical (unpaired) electrons. The number of aryl methyl sites for hydroxylation is 1. The van der Waals surface area contributed by atoms with E-state index < -0.39 is 24.1 Å². The van der Waals surface area contributed by atoms with Crippen LogP contribution in [0.15, 0.2) is 24.3 Å². The van der Waals surface area contributed by atoms with E-state index in [1.165, 1.54) is 0 Å². The van der Waals surface area contributed by atoms with E-state index in [1.807, 2.05) is 31.2 Å². The lowest BCUT2D eigenvalue weighted by Gasteiger charge is -2.41. The van der Waals surface area contributed by atoms with Gasteiger partial charge >= 0.3 is 0 Å². The van der Waals surface area contributed by atoms with Crippen LogP contribution in [0.1, 0.15) is 5.56 Å². The Bertz CT molecular complexity index is 424. The summed E-state index contributed by atoms with van der Waals surface area (Å²) in [6.07, 6.45) is -4.21. The number of ether oxygens (including phenoxy) is 1. The van der Waals surface area contributed by atoms with Crippen LogP contribution in [0.5, 0.6) is 0 Å². The molecule has 0 aliphatic carbocycles. The first-order chi connectivity index (χ1) is 8.92. The molecule has 0 saturated carbocycles. The molecule has 1 heterocycles. The lowest BCUT2D eigenvalue weighted by atomic mass is 9.97. The molecule has 1 aromatic rings. The van der Waals surface area contributed by atoms with Crippen LogP contribution in [-0.2, 0) is 4.74 Å². The number of hydrogen-bond donors (Lipinski definition) is 5. The van der Waals surface area contributed by atoms with Crippen molar-refractivity contribution in [2.24, 2.45) is 0 Å². The number of aliphatic hydroxyl groups is 4. The summed E-state index contributed by atoms with van der Waals surface area (Å²) in [5.41, 5.74) is 1.87. The van der Waals surface area contributed by atoms with Crippen molar-refractivity contribution in [3.05, 3.63) is 29.8 Å². The number of hydrogen-bond acceptors (Lipinski definition) is 6. The fourth-order valence-corrected chi connectivity index (χ4v) is 1.95. The van der Waals surface area contributed by atoms with Gasteiger partial charge in [-0.1, -0.05) is 17.7 Å². The third kappa shape index (κ3) is 3.05. The molecule has 1 aliphatic rings. The molecule has 19 heavy (non-hydrogen) atoms. The number of nitrogens with one attached hydrogen (secondary N) is 1. The maximum atomic E-state index is 10.1. The van der Waals surface area contributed by atoms with E-state index in [4.69, 9.17) is 4.74 Å². The average molecular weight is 269 g/mol. The van der Waals surface area contributed by atoms with Crippen molar-refractivity contribution in [2.45, 2.75) is 31.0 Å². The molecule has 1 fully saturated rings. The lowest BCUT2D eigenvalue weighted by Crippen LogP contribution is -2.63. The second kappa shape index (κ2) is 5.44. The SMILES string of the molecule is Cc1ccc(NCC2(O)OC[C@@H](O)[C@@H](O)[C@@H]2O)cc1. The molecule has 5 N–H and O–H groups in total. The van der Waals surface area contributed by atoms with Crippen molar-refractivity contribution in [3.8, 4) is 0 Å². The molecule has 1 aliphatic heterocycles. The van der Waals surface area contributed by atoms with Gasteiger partial charge < -0.3 is 30.5 Å². The minimum absolute atomic E-state index is 0.0962. The van der Waals surface area contributed by atoms with E-state index in [-0.39, 0.29) is 13.2 Å². The highest BCUT2D eigenvalue weighted by Crippen LogP contribution is 2.24. The molecule has 106 valence electrons. The van der Waals surface area contributed by atoms with Crippen LogP contribution >= 0.6 is 0 Å². The molecule has 1 saturated heterocycles. The summed E-state index contributed by atoms with van der Waals surface area (Å²) < 4.78 is 5.04. The van der Waals surface area contributed by atoms with Crippen LogP contribution in [0, 0.1) is 6.92 Å². The van der Waals surface area contributed by atoms with Gasteiger partial charge in [-0.25, -0.2) is 0 Å². The largest absolute Gasteiger partial charge is 0.388 e. The summed E-state index contributed by atoms with van der Waals surface area (Å²) in [4.78, 5) is 0. The topological polar surface area (TPSA) is 102 Å². The summed E-state index contributed by atoms with van der Waals surface area (Å²) in [6.45, 7) is 1.63. The summed E-state index contributed by atoms with van der Waals surface area (Å²) >= 11 is 0. The Hall–Kier alpha value is -1.18. The molecular formula is C13H19NO5. The fraction of sp³-hybridized carbons (Fsp3) is 0.538. The van der Waals surface area contributed by atoms with E-state index in [2.05, 4.69) is 5.32 Å². The van der Waals surface area contributed by atoms with E-state index in [0.29, 0.717) is 0 Å². The van der Waals surface area contributed by atoms with Gasteiger partial charge in [0, 0.05) is 5.69 Å². The Balaban J connectivity index is 1.99. The average Bonchev–Trinajstić information content (AvgIpc) is 2.41. The summed E-state index contributed by atoms with van der Waals surface area (Å²) in [5, 5.41) is 41.7. The van der Waals surface area contributed by atoms with Gasteiger partial charge in [-0.3, -0.25) is 0 Å². The molecule has 0 spiro atoms. The molecule has 4 atom stereocenters. The maximum Gasteiger partial charge on any atom is 0.212 e. The fourth-order valence-electron chi connectivity index (χ4n) is 1.95. The molecule has 2 rings (SSSR count). The first kappa shape index (κ1) is 14.2. The monoisotopic (exact) mass is 269 g/mol. The van der Waals surface area contributed by atoms with Gasteiger partial charge in [0.15, 0.2) is 0 Å². The number of aliphatic hydroxyl groups excluding tert-OH is 3. The zero-order valence-electron chi connectivity index (χ0n) is 10.7. The van der Waals surface area contributed by atoms with E-state index in [1.54, 1.807) is 0 Å². The van der Waals surface area contributed by atoms with Crippen LogP contribution in [0.4, 0.5) is 5.69 Å². The highest BCUT2D eigenvalue weighted by molar-refractivity contribution is 5.44. The predicted octanol–water partition coefficient (Wildman–Crippen LogP) is -0.792. The molecule has 0 aromatic heterocycles. The first-order valence-electron chi connectivity index (χ1n) is 6.13. The smallest absolute Gasteiger partial charge is 0.212 e. The molecule has 1 unspecified atom stereocenters. The molecule has 0 bridgehead atoms. The summed E-state index contributed by atoms with van der Waals surface area (Å²) in [7, 11) is 0. The highest BCUT2D eigenvalue weighted by Gasteiger charge is 2.48. The Labute approximate surface area is 111 Å². The third-order valence-electron chi connectivity index (χ3n) is 3.28. The standard InChI is InChI=1S/C13H19NO5/c1-8-2-4-9(5-3-8)14-7-13(18)12(17)11(16)10(15)6-19-13/h2-5,10-12,14-18H,6-7H2,1H3/t10-,11-,12+,13?/m1/s1. The molecule has 0 amide bonds. The Morgan fingerprint density at radius 1 is 1.26 bits per heavy atom. The van der Waals surface area contributed by atoms with Gasteiger partial charge in [-0.15, -0.1) is 0 Å². The normalized spacial score (nSPS) is 35.1. The lowest BCUT2D eigenvalue weighted by molar-refractivity contribution is -0.313. The summed E-state index contributed by atoms with van der Waals surface area (Å²) in [5.74, 6) is -1.93. The van der Waals surface area contributed by atoms with E-state index in [9.17, 15) is 20.4 Å². The quantitative estimate of drug-likeness (QED) is 0.493. The van der Waals surface area contributed by atoms with Crippen molar-refractivity contribution in [1.29, 1.82) is 0 Å². The Morgan fingerprint density at radius 2 is 1.89 bits per heavy atom. The Morgan fingerprint density at radius 3 is 2.53 bits per heavy atom. The third-order valence-corrected chi connectivity index (χ3v) is 3.28. The van der Waals surface area contributed by atoms with Crippen molar-refractivity contribution >= 4 is 5.69 Å². The van der Waals surface area contributed by atoms with Gasteiger partial charge in [0.2, 0.25) is 5.79 Å². The Kier molecular flexibility index (Phi) is 4.07. The van der Waals surface area contributed by atoms with E-state index in [0.717, 1.165) is 11.3 Å². The first-order valence-corrected chi connectivity index (χ1v) is 6.13. The van der Waals surface area contributed by atoms with Crippen molar-refractivity contribution < 1.29 is 25.2 Å².